The number of guanidine groups is 1. The van der Waals surface area contributed by atoms with E-state index in [-0.39, 0.29) is 24.3 Å². The summed E-state index contributed by atoms with van der Waals surface area (Å²) in [5.74, 6) is -0.0155. The molecule has 0 aliphatic heterocycles. The van der Waals surface area contributed by atoms with E-state index in [4.69, 9.17) is 11.5 Å². The van der Waals surface area contributed by atoms with Crippen molar-refractivity contribution in [2.24, 2.45) is 21.7 Å². The van der Waals surface area contributed by atoms with Gasteiger partial charge in [-0.2, -0.15) is 5.10 Å². The van der Waals surface area contributed by atoms with E-state index < -0.39 is 10.0 Å². The molecular formula is C18H24ClN5O2S. The summed E-state index contributed by atoms with van der Waals surface area (Å²) >= 11 is 0. The Labute approximate surface area is 165 Å². The molecule has 27 heavy (non-hydrogen) atoms. The molecule has 0 saturated carbocycles. The van der Waals surface area contributed by atoms with Gasteiger partial charge in [0.1, 0.15) is 0 Å². The zero-order valence-electron chi connectivity index (χ0n) is 15.3. The van der Waals surface area contributed by atoms with Gasteiger partial charge >= 0.3 is 0 Å². The van der Waals surface area contributed by atoms with Crippen LogP contribution in [0.25, 0.3) is 0 Å². The van der Waals surface area contributed by atoms with Gasteiger partial charge in [-0.3, -0.25) is 0 Å². The average molecular weight is 410 g/mol. The van der Waals surface area contributed by atoms with Crippen LogP contribution < -0.4 is 11.5 Å². The smallest absolute Gasteiger partial charge is 0.235 e. The van der Waals surface area contributed by atoms with Crippen LogP contribution >= 0.6 is 12.4 Å². The lowest BCUT2D eigenvalue weighted by Crippen LogP contribution is -2.25. The van der Waals surface area contributed by atoms with Crippen molar-refractivity contribution >= 4 is 34.1 Å². The Morgan fingerprint density at radius 3 is 2.44 bits per heavy atom. The van der Waals surface area contributed by atoms with Crippen molar-refractivity contribution in [3.05, 3.63) is 58.9 Å². The van der Waals surface area contributed by atoms with Gasteiger partial charge < -0.3 is 11.5 Å². The van der Waals surface area contributed by atoms with E-state index in [2.05, 4.69) is 10.2 Å². The van der Waals surface area contributed by atoms with Crippen molar-refractivity contribution in [3.63, 3.8) is 0 Å². The Morgan fingerprint density at radius 1 is 1.22 bits per heavy atom. The van der Waals surface area contributed by atoms with Gasteiger partial charge in [0.05, 0.1) is 12.0 Å². The van der Waals surface area contributed by atoms with E-state index in [1.165, 1.54) is 10.2 Å². The predicted octanol–water partition coefficient (Wildman–Crippen LogP) is 1.99. The maximum Gasteiger partial charge on any atom is 0.235 e. The summed E-state index contributed by atoms with van der Waals surface area (Å²) in [7, 11) is -3.42. The first-order valence-electron chi connectivity index (χ1n) is 8.45. The van der Waals surface area contributed by atoms with Crippen molar-refractivity contribution in [1.29, 1.82) is 0 Å². The molecule has 0 radical (unpaired) electrons. The Bertz CT molecular complexity index is 977. The third-order valence-corrected chi connectivity index (χ3v) is 5.65. The second-order valence-corrected chi connectivity index (χ2v) is 8.34. The number of halogens is 1. The second-order valence-electron chi connectivity index (χ2n) is 6.48. The van der Waals surface area contributed by atoms with E-state index in [1.54, 1.807) is 6.20 Å². The molecule has 1 unspecified atom stereocenters. The highest BCUT2D eigenvalue weighted by molar-refractivity contribution is 7.89. The molecule has 1 aromatic carbocycles. The number of nitrogens with two attached hydrogens (primary N) is 2. The molecule has 1 aliphatic carbocycles. The van der Waals surface area contributed by atoms with Crippen LogP contribution in [-0.4, -0.2) is 30.3 Å². The fraction of sp³-hybridized carbons (Fsp3) is 0.333. The number of rotatable bonds is 4. The highest BCUT2D eigenvalue weighted by atomic mass is 35.5. The van der Waals surface area contributed by atoms with Crippen LogP contribution in [0.15, 0.2) is 46.7 Å². The molecule has 2 aromatic rings. The summed E-state index contributed by atoms with van der Waals surface area (Å²) in [6.07, 6.45) is 4.87. The third kappa shape index (κ3) is 4.33. The first-order valence-corrected chi connectivity index (χ1v) is 10.3. The van der Waals surface area contributed by atoms with E-state index in [0.717, 1.165) is 22.4 Å². The number of nitrogens with zero attached hydrogens (tertiary/aromatic N) is 3. The van der Waals surface area contributed by atoms with Gasteiger partial charge in [0.25, 0.3) is 0 Å². The number of aromatic nitrogens is 1. The molecule has 1 aromatic heterocycles. The molecule has 0 saturated heterocycles. The van der Waals surface area contributed by atoms with Gasteiger partial charge in [0.2, 0.25) is 16.0 Å². The minimum atomic E-state index is -3.42. The fourth-order valence-electron chi connectivity index (χ4n) is 3.50. The highest BCUT2D eigenvalue weighted by Crippen LogP contribution is 2.36. The first-order chi connectivity index (χ1) is 12.3. The molecule has 0 bridgehead atoms. The molecule has 3 rings (SSSR count). The molecule has 0 amide bonds. The van der Waals surface area contributed by atoms with Crippen LogP contribution in [-0.2, 0) is 22.9 Å². The zero-order chi connectivity index (χ0) is 18.9. The Balaban J connectivity index is 0.00000261. The molecule has 9 heteroatoms. The van der Waals surface area contributed by atoms with Gasteiger partial charge in [0.15, 0.2) is 0 Å². The van der Waals surface area contributed by atoms with Crippen molar-refractivity contribution in [2.45, 2.75) is 32.1 Å². The summed E-state index contributed by atoms with van der Waals surface area (Å²) in [4.78, 5) is 0. The summed E-state index contributed by atoms with van der Waals surface area (Å²) in [5.41, 5.74) is 15.3. The van der Waals surface area contributed by atoms with E-state index in [0.29, 0.717) is 25.0 Å². The second kappa shape index (κ2) is 8.14. The van der Waals surface area contributed by atoms with Gasteiger partial charge in [0, 0.05) is 17.5 Å². The van der Waals surface area contributed by atoms with Crippen LogP contribution in [0.4, 0.5) is 0 Å². The minimum Gasteiger partial charge on any atom is -0.369 e. The number of fused-ring (bicyclic) bond motifs is 1. The van der Waals surface area contributed by atoms with Crippen molar-refractivity contribution in [3.8, 4) is 0 Å². The first kappa shape index (κ1) is 21.0. The lowest BCUT2D eigenvalue weighted by molar-refractivity contribution is 0.587. The predicted molar refractivity (Wildman–Crippen MR) is 111 cm³/mol. The number of benzene rings is 1. The topological polar surface area (TPSA) is 116 Å². The highest BCUT2D eigenvalue weighted by Gasteiger charge is 2.32. The van der Waals surface area contributed by atoms with Gasteiger partial charge in [-0.15, -0.1) is 17.5 Å². The Hall–Kier alpha value is -2.32. The zero-order valence-corrected chi connectivity index (χ0v) is 16.9. The Kier molecular flexibility index (Phi) is 6.33. The summed E-state index contributed by atoms with van der Waals surface area (Å²) in [6.45, 7) is 1.99. The lowest BCUT2D eigenvalue weighted by atomic mass is 9.81. The molecule has 146 valence electrons. The minimum absolute atomic E-state index is 0. The molecule has 1 atom stereocenters. The molecule has 0 spiro atoms. The quantitative estimate of drug-likeness (QED) is 0.456. The molecule has 7 nitrogen and oxygen atoms in total. The normalized spacial score (nSPS) is 17.9. The standard InChI is InChI=1S/C18H23N5O2S.ClH/c1-3-12-11-23(26(2,24)25)16-10-14(13-7-5-4-6-8-13)9-15(17(12)16)21-22-18(19)20;/h4-8,11,14H,3,9-10H2,1-2H3,(H4,19,20,22);1H. The molecule has 4 N–H and O–H groups in total. The molecule has 1 aliphatic rings. The maximum absolute atomic E-state index is 12.3. The fourth-order valence-corrected chi connectivity index (χ4v) is 4.38. The monoisotopic (exact) mass is 409 g/mol. The maximum atomic E-state index is 12.3. The van der Waals surface area contributed by atoms with Gasteiger partial charge in [-0.1, -0.05) is 37.3 Å². The van der Waals surface area contributed by atoms with Crippen LogP contribution in [0, 0.1) is 0 Å². The van der Waals surface area contributed by atoms with Crippen LogP contribution in [0.1, 0.15) is 41.6 Å². The van der Waals surface area contributed by atoms with Gasteiger partial charge in [-0.05, 0) is 36.3 Å². The number of hydrogen-bond donors (Lipinski definition) is 2. The number of aryl methyl sites for hydroxylation is 1. The lowest BCUT2D eigenvalue weighted by Gasteiger charge is -2.25. The molecule has 0 fully saturated rings. The Morgan fingerprint density at radius 2 is 1.89 bits per heavy atom. The SMILES string of the molecule is CCc1cn(S(C)(=O)=O)c2c1C(=NN=C(N)N)CC(c1ccccc1)C2.Cl. The van der Waals surface area contributed by atoms with Crippen molar-refractivity contribution in [2.75, 3.05) is 6.26 Å². The third-order valence-electron chi connectivity index (χ3n) is 4.61. The van der Waals surface area contributed by atoms with E-state index in [1.807, 2.05) is 37.3 Å². The van der Waals surface area contributed by atoms with Crippen LogP contribution in [0.2, 0.25) is 0 Å². The van der Waals surface area contributed by atoms with Crippen molar-refractivity contribution < 1.29 is 8.42 Å². The van der Waals surface area contributed by atoms with E-state index in [9.17, 15) is 8.42 Å². The molecular weight excluding hydrogens is 386 g/mol. The van der Waals surface area contributed by atoms with Crippen molar-refractivity contribution in [1.82, 2.24) is 3.97 Å². The summed E-state index contributed by atoms with van der Waals surface area (Å²) in [6, 6.07) is 10.0. The number of hydrogen-bond acceptors (Lipinski definition) is 4. The van der Waals surface area contributed by atoms with Gasteiger partial charge in [-0.25, -0.2) is 12.4 Å². The van der Waals surface area contributed by atoms with Crippen LogP contribution in [0.3, 0.4) is 0 Å². The van der Waals surface area contributed by atoms with Crippen LogP contribution in [0.5, 0.6) is 0 Å². The largest absolute Gasteiger partial charge is 0.369 e. The average Bonchev–Trinajstić information content (AvgIpc) is 2.99. The summed E-state index contributed by atoms with van der Waals surface area (Å²) in [5, 5.41) is 8.07. The molecule has 1 heterocycles. The van der Waals surface area contributed by atoms with E-state index >= 15 is 0 Å². The summed E-state index contributed by atoms with van der Waals surface area (Å²) < 4.78 is 26.0.